The van der Waals surface area contributed by atoms with E-state index in [0.29, 0.717) is 23.5 Å². The van der Waals surface area contributed by atoms with E-state index in [1.807, 2.05) is 4.90 Å². The third-order valence-corrected chi connectivity index (χ3v) is 5.86. The number of pyridine rings is 1. The van der Waals surface area contributed by atoms with Crippen LogP contribution < -0.4 is 5.32 Å². The third-order valence-electron chi connectivity index (χ3n) is 4.55. The van der Waals surface area contributed by atoms with E-state index < -0.39 is 0 Å². The Kier molecular flexibility index (Phi) is 4.62. The molecule has 2 aromatic rings. The maximum Gasteiger partial charge on any atom is 0.262 e. The SMILES string of the molecule is CNC(=O)c1cnc(C2(C)CCN(C(=O)c3ccncc3)CC2)s1. The van der Waals surface area contributed by atoms with Gasteiger partial charge in [0.25, 0.3) is 11.8 Å². The van der Waals surface area contributed by atoms with Crippen LogP contribution in [-0.4, -0.2) is 46.8 Å². The van der Waals surface area contributed by atoms with Crippen LogP contribution in [0.2, 0.25) is 0 Å². The average Bonchev–Trinajstić information content (AvgIpc) is 3.13. The van der Waals surface area contributed by atoms with Gasteiger partial charge in [0.05, 0.1) is 11.2 Å². The highest BCUT2D eigenvalue weighted by Crippen LogP contribution is 2.37. The molecular formula is C17H20N4O2S. The number of likely N-dealkylation sites (tertiary alicyclic amines) is 1. The van der Waals surface area contributed by atoms with Gasteiger partial charge in [0, 0.05) is 43.5 Å². The summed E-state index contributed by atoms with van der Waals surface area (Å²) in [5, 5.41) is 3.59. The standard InChI is InChI=1S/C17H20N4O2S/c1-17(16-20-11-13(24-16)14(22)18-2)5-9-21(10-6-17)15(23)12-3-7-19-8-4-12/h3-4,7-8,11H,5-6,9-10H2,1-2H3,(H,18,22). The van der Waals surface area contributed by atoms with Gasteiger partial charge in [-0.05, 0) is 25.0 Å². The Balaban J connectivity index is 1.68. The summed E-state index contributed by atoms with van der Waals surface area (Å²) in [5.41, 5.74) is 0.580. The van der Waals surface area contributed by atoms with E-state index in [1.165, 1.54) is 11.3 Å². The van der Waals surface area contributed by atoms with Crippen molar-refractivity contribution in [3.63, 3.8) is 0 Å². The van der Waals surface area contributed by atoms with Gasteiger partial charge in [0.2, 0.25) is 0 Å². The predicted octanol–water partition coefficient (Wildman–Crippen LogP) is 2.09. The third kappa shape index (κ3) is 3.17. The molecule has 1 fully saturated rings. The van der Waals surface area contributed by atoms with Gasteiger partial charge in [0.1, 0.15) is 4.88 Å². The van der Waals surface area contributed by atoms with Gasteiger partial charge in [-0.3, -0.25) is 14.6 Å². The largest absolute Gasteiger partial charge is 0.354 e. The Hall–Kier alpha value is -2.28. The fraction of sp³-hybridized carbons (Fsp3) is 0.412. The Morgan fingerprint density at radius 1 is 1.25 bits per heavy atom. The highest BCUT2D eigenvalue weighted by molar-refractivity contribution is 7.13. The summed E-state index contributed by atoms with van der Waals surface area (Å²) >= 11 is 1.44. The minimum Gasteiger partial charge on any atom is -0.354 e. The van der Waals surface area contributed by atoms with Crippen molar-refractivity contribution in [1.82, 2.24) is 20.2 Å². The van der Waals surface area contributed by atoms with Gasteiger partial charge in [0.15, 0.2) is 0 Å². The number of aromatic nitrogens is 2. The number of piperidine rings is 1. The van der Waals surface area contributed by atoms with Gasteiger partial charge in [-0.25, -0.2) is 4.98 Å². The number of nitrogens with zero attached hydrogens (tertiary/aromatic N) is 3. The first-order chi connectivity index (χ1) is 11.5. The summed E-state index contributed by atoms with van der Waals surface area (Å²) in [6, 6.07) is 3.49. The minimum atomic E-state index is -0.104. The number of carbonyl (C=O) groups excluding carboxylic acids is 2. The van der Waals surface area contributed by atoms with Crippen molar-refractivity contribution in [3.05, 3.63) is 46.2 Å². The summed E-state index contributed by atoms with van der Waals surface area (Å²) in [6.45, 7) is 3.53. The van der Waals surface area contributed by atoms with E-state index >= 15 is 0 Å². The number of amides is 2. The quantitative estimate of drug-likeness (QED) is 0.925. The molecule has 0 spiro atoms. The van der Waals surface area contributed by atoms with Gasteiger partial charge in [-0.2, -0.15) is 0 Å². The molecule has 0 atom stereocenters. The predicted molar refractivity (Wildman–Crippen MR) is 92.2 cm³/mol. The molecule has 1 N–H and O–H groups in total. The zero-order valence-corrected chi connectivity index (χ0v) is 14.6. The number of hydrogen-bond acceptors (Lipinski definition) is 5. The van der Waals surface area contributed by atoms with Crippen molar-refractivity contribution < 1.29 is 9.59 Å². The smallest absolute Gasteiger partial charge is 0.262 e. The molecule has 1 saturated heterocycles. The number of rotatable bonds is 3. The zero-order chi connectivity index (χ0) is 17.2. The van der Waals surface area contributed by atoms with E-state index in [1.54, 1.807) is 37.8 Å². The molecule has 0 bridgehead atoms. The van der Waals surface area contributed by atoms with Crippen LogP contribution in [0.25, 0.3) is 0 Å². The molecule has 24 heavy (non-hydrogen) atoms. The highest BCUT2D eigenvalue weighted by Gasteiger charge is 2.36. The lowest BCUT2D eigenvalue weighted by Crippen LogP contribution is -2.43. The van der Waals surface area contributed by atoms with Crippen LogP contribution >= 0.6 is 11.3 Å². The molecule has 0 radical (unpaired) electrons. The summed E-state index contributed by atoms with van der Waals surface area (Å²) in [5.74, 6) is -0.0581. The Labute approximate surface area is 144 Å². The van der Waals surface area contributed by atoms with E-state index in [9.17, 15) is 9.59 Å². The van der Waals surface area contributed by atoms with Crippen LogP contribution in [-0.2, 0) is 5.41 Å². The maximum atomic E-state index is 12.5. The normalized spacial score (nSPS) is 16.7. The lowest BCUT2D eigenvalue weighted by Gasteiger charge is -2.38. The van der Waals surface area contributed by atoms with Gasteiger partial charge < -0.3 is 10.2 Å². The molecule has 2 amide bonds. The Bertz CT molecular complexity index is 736. The van der Waals surface area contributed by atoms with Gasteiger partial charge in [-0.15, -0.1) is 11.3 Å². The fourth-order valence-electron chi connectivity index (χ4n) is 2.88. The monoisotopic (exact) mass is 344 g/mol. The second-order valence-electron chi connectivity index (χ2n) is 6.20. The van der Waals surface area contributed by atoms with Crippen LogP contribution in [0.1, 0.15) is 44.8 Å². The zero-order valence-electron chi connectivity index (χ0n) is 13.8. The first kappa shape index (κ1) is 16.6. The van der Waals surface area contributed by atoms with E-state index in [0.717, 1.165) is 17.8 Å². The van der Waals surface area contributed by atoms with Crippen LogP contribution in [0.3, 0.4) is 0 Å². The van der Waals surface area contributed by atoms with E-state index in [2.05, 4.69) is 22.2 Å². The molecule has 0 aromatic carbocycles. The summed E-state index contributed by atoms with van der Waals surface area (Å²) in [7, 11) is 1.62. The van der Waals surface area contributed by atoms with Gasteiger partial charge in [-0.1, -0.05) is 6.92 Å². The van der Waals surface area contributed by atoms with Crippen LogP contribution in [0.15, 0.2) is 30.7 Å². The van der Waals surface area contributed by atoms with Crippen LogP contribution in [0.5, 0.6) is 0 Å². The van der Waals surface area contributed by atoms with Crippen molar-refractivity contribution in [3.8, 4) is 0 Å². The van der Waals surface area contributed by atoms with Crippen LogP contribution in [0.4, 0.5) is 0 Å². The number of carbonyl (C=O) groups is 2. The average molecular weight is 344 g/mol. The molecule has 0 aliphatic carbocycles. The van der Waals surface area contributed by atoms with Crippen molar-refractivity contribution >= 4 is 23.2 Å². The number of hydrogen-bond donors (Lipinski definition) is 1. The Morgan fingerprint density at radius 2 is 1.92 bits per heavy atom. The molecule has 2 aromatic heterocycles. The van der Waals surface area contributed by atoms with E-state index in [-0.39, 0.29) is 17.2 Å². The topological polar surface area (TPSA) is 75.2 Å². The Morgan fingerprint density at radius 3 is 2.54 bits per heavy atom. The lowest BCUT2D eigenvalue weighted by molar-refractivity contribution is 0.0675. The molecule has 3 heterocycles. The highest BCUT2D eigenvalue weighted by atomic mass is 32.1. The summed E-state index contributed by atoms with van der Waals surface area (Å²) < 4.78 is 0. The summed E-state index contributed by atoms with van der Waals surface area (Å²) in [6.07, 6.45) is 6.59. The number of thiazole rings is 1. The first-order valence-electron chi connectivity index (χ1n) is 7.91. The van der Waals surface area contributed by atoms with E-state index in [4.69, 9.17) is 0 Å². The molecule has 0 saturated carbocycles. The molecule has 6 nitrogen and oxygen atoms in total. The second-order valence-corrected chi connectivity index (χ2v) is 7.23. The van der Waals surface area contributed by atoms with Crippen molar-refractivity contribution in [2.75, 3.05) is 20.1 Å². The van der Waals surface area contributed by atoms with Crippen molar-refractivity contribution in [1.29, 1.82) is 0 Å². The lowest BCUT2D eigenvalue weighted by atomic mass is 9.81. The molecule has 7 heteroatoms. The number of nitrogens with one attached hydrogen (secondary N) is 1. The molecule has 1 aliphatic heterocycles. The maximum absolute atomic E-state index is 12.5. The van der Waals surface area contributed by atoms with Crippen molar-refractivity contribution in [2.45, 2.75) is 25.2 Å². The molecule has 1 aliphatic rings. The molecule has 3 rings (SSSR count). The minimum absolute atomic E-state index is 0.0460. The molecular weight excluding hydrogens is 324 g/mol. The summed E-state index contributed by atoms with van der Waals surface area (Å²) in [4.78, 5) is 35.1. The van der Waals surface area contributed by atoms with Crippen molar-refractivity contribution in [2.24, 2.45) is 0 Å². The second kappa shape index (κ2) is 6.68. The fourth-order valence-corrected chi connectivity index (χ4v) is 3.94. The van der Waals surface area contributed by atoms with Gasteiger partial charge >= 0.3 is 0 Å². The first-order valence-corrected chi connectivity index (χ1v) is 8.73. The molecule has 0 unspecified atom stereocenters. The van der Waals surface area contributed by atoms with Crippen LogP contribution in [0, 0.1) is 0 Å². The molecule has 126 valence electrons.